The molecule has 0 unspecified atom stereocenters. The zero-order chi connectivity index (χ0) is 13.1. The summed E-state index contributed by atoms with van der Waals surface area (Å²) in [5, 5.41) is 0.00439. The third kappa shape index (κ3) is 4.60. The minimum absolute atomic E-state index is 0.00439. The van der Waals surface area contributed by atoms with Crippen molar-refractivity contribution in [3.8, 4) is 0 Å². The first-order chi connectivity index (χ1) is 7.80. The number of aromatic amines is 1. The summed E-state index contributed by atoms with van der Waals surface area (Å²) in [6.07, 6.45) is 1.51. The quantitative estimate of drug-likeness (QED) is 0.833. The second-order valence-corrected chi connectivity index (χ2v) is 5.45. The van der Waals surface area contributed by atoms with Crippen LogP contribution in [0.2, 0.25) is 0 Å². The number of carbonyl (C=O) groups is 2. The largest absolute Gasteiger partial charge is 0.454 e. The number of ether oxygens (including phenoxy) is 1. The van der Waals surface area contributed by atoms with E-state index in [0.29, 0.717) is 11.6 Å². The van der Waals surface area contributed by atoms with Gasteiger partial charge in [-0.2, -0.15) is 0 Å². The molecule has 1 N–H and O–H groups in total. The Morgan fingerprint density at radius 1 is 1.53 bits per heavy atom. The standard InChI is InChI=1S/C11H16N2O3S/c1-7-12-5-9(13-7)10(15)16-11(3,4)6-17-8(2)14/h5H,6H2,1-4H3,(H,12,13). The van der Waals surface area contributed by atoms with E-state index in [1.165, 1.54) is 13.1 Å². The van der Waals surface area contributed by atoms with Gasteiger partial charge in [-0.25, -0.2) is 9.78 Å². The molecule has 0 saturated heterocycles. The maximum atomic E-state index is 11.7. The van der Waals surface area contributed by atoms with E-state index < -0.39 is 11.6 Å². The molecule has 0 atom stereocenters. The summed E-state index contributed by atoms with van der Waals surface area (Å²) in [6.45, 7) is 6.77. The number of esters is 1. The summed E-state index contributed by atoms with van der Waals surface area (Å²) in [5.41, 5.74) is -0.441. The fourth-order valence-electron chi connectivity index (χ4n) is 1.13. The van der Waals surface area contributed by atoms with Crippen LogP contribution in [-0.2, 0) is 9.53 Å². The van der Waals surface area contributed by atoms with Crippen LogP contribution in [0.4, 0.5) is 0 Å². The molecule has 0 saturated carbocycles. The summed E-state index contributed by atoms with van der Waals surface area (Å²) in [7, 11) is 0. The van der Waals surface area contributed by atoms with Crippen molar-refractivity contribution < 1.29 is 14.3 Å². The molecule has 0 amide bonds. The molecule has 6 heteroatoms. The smallest absolute Gasteiger partial charge is 0.359 e. The van der Waals surface area contributed by atoms with Gasteiger partial charge in [0.15, 0.2) is 10.8 Å². The van der Waals surface area contributed by atoms with Crippen LogP contribution in [0.1, 0.15) is 37.1 Å². The number of hydrogen-bond donors (Lipinski definition) is 1. The lowest BCUT2D eigenvalue weighted by Crippen LogP contribution is -2.31. The average Bonchev–Trinajstić information content (AvgIpc) is 2.61. The maximum Gasteiger partial charge on any atom is 0.359 e. The van der Waals surface area contributed by atoms with Gasteiger partial charge < -0.3 is 9.72 Å². The number of hydrogen-bond acceptors (Lipinski definition) is 5. The van der Waals surface area contributed by atoms with Crippen molar-refractivity contribution in [1.82, 2.24) is 9.97 Å². The van der Waals surface area contributed by atoms with Gasteiger partial charge in [0.25, 0.3) is 0 Å². The second-order valence-electron chi connectivity index (χ2n) is 4.30. The Morgan fingerprint density at radius 2 is 2.18 bits per heavy atom. The van der Waals surface area contributed by atoms with Crippen molar-refractivity contribution >= 4 is 22.8 Å². The fraction of sp³-hybridized carbons (Fsp3) is 0.545. The average molecular weight is 256 g/mol. The monoisotopic (exact) mass is 256 g/mol. The molecular weight excluding hydrogens is 240 g/mol. The van der Waals surface area contributed by atoms with Crippen LogP contribution in [0, 0.1) is 6.92 Å². The topological polar surface area (TPSA) is 72.1 Å². The van der Waals surface area contributed by atoms with E-state index in [1.807, 2.05) is 0 Å². The Labute approximate surface area is 104 Å². The molecule has 0 spiro atoms. The molecule has 0 aromatic carbocycles. The van der Waals surface area contributed by atoms with Gasteiger partial charge in [0.05, 0.1) is 0 Å². The highest BCUT2D eigenvalue weighted by Crippen LogP contribution is 2.19. The van der Waals surface area contributed by atoms with Crippen molar-refractivity contribution in [2.24, 2.45) is 0 Å². The number of imidazole rings is 1. The number of carbonyl (C=O) groups excluding carboxylic acids is 2. The van der Waals surface area contributed by atoms with Crippen LogP contribution in [0.3, 0.4) is 0 Å². The maximum absolute atomic E-state index is 11.7. The Bertz CT molecular complexity index is 426. The van der Waals surface area contributed by atoms with Crippen LogP contribution in [0.25, 0.3) is 0 Å². The molecule has 94 valence electrons. The van der Waals surface area contributed by atoms with Crippen LogP contribution < -0.4 is 0 Å². The van der Waals surface area contributed by atoms with E-state index in [2.05, 4.69) is 9.97 Å². The molecule has 1 rings (SSSR count). The molecule has 0 aliphatic heterocycles. The molecule has 0 radical (unpaired) electrons. The molecule has 17 heavy (non-hydrogen) atoms. The van der Waals surface area contributed by atoms with Gasteiger partial charge >= 0.3 is 5.97 Å². The lowest BCUT2D eigenvalue weighted by Gasteiger charge is -2.23. The van der Waals surface area contributed by atoms with Crippen molar-refractivity contribution in [3.63, 3.8) is 0 Å². The highest BCUT2D eigenvalue weighted by atomic mass is 32.2. The van der Waals surface area contributed by atoms with E-state index in [9.17, 15) is 9.59 Å². The van der Waals surface area contributed by atoms with E-state index >= 15 is 0 Å². The van der Waals surface area contributed by atoms with Crippen molar-refractivity contribution in [3.05, 3.63) is 17.7 Å². The first-order valence-corrected chi connectivity index (χ1v) is 6.17. The normalized spacial score (nSPS) is 11.3. The molecular formula is C11H16N2O3S. The summed E-state index contributed by atoms with van der Waals surface area (Å²) in [6, 6.07) is 0. The van der Waals surface area contributed by atoms with Crippen LogP contribution in [0.5, 0.6) is 0 Å². The van der Waals surface area contributed by atoms with Crippen LogP contribution in [-0.4, -0.2) is 32.4 Å². The summed E-state index contributed by atoms with van der Waals surface area (Å²) in [4.78, 5) is 29.4. The Balaban J connectivity index is 2.58. The Morgan fingerprint density at radius 3 is 2.65 bits per heavy atom. The minimum Gasteiger partial charge on any atom is -0.454 e. The molecule has 1 aromatic rings. The number of nitrogens with zero attached hydrogens (tertiary/aromatic N) is 1. The molecule has 1 heterocycles. The van der Waals surface area contributed by atoms with Gasteiger partial charge in [-0.1, -0.05) is 11.8 Å². The SMILES string of the molecule is CC(=O)SCC(C)(C)OC(=O)c1c[nH]c(C)n1. The zero-order valence-corrected chi connectivity index (χ0v) is 11.2. The lowest BCUT2D eigenvalue weighted by atomic mass is 10.2. The number of H-pyrrole nitrogens is 1. The molecule has 0 aliphatic carbocycles. The highest BCUT2D eigenvalue weighted by Gasteiger charge is 2.25. The summed E-state index contributed by atoms with van der Waals surface area (Å²) in [5.74, 6) is 0.605. The van der Waals surface area contributed by atoms with Gasteiger partial charge in [-0.15, -0.1) is 0 Å². The van der Waals surface area contributed by atoms with Crippen molar-refractivity contribution in [1.29, 1.82) is 0 Å². The lowest BCUT2D eigenvalue weighted by molar-refractivity contribution is -0.109. The first-order valence-electron chi connectivity index (χ1n) is 5.19. The van der Waals surface area contributed by atoms with Crippen molar-refractivity contribution in [2.75, 3.05) is 5.75 Å². The Kier molecular flexibility index (Phi) is 4.34. The summed E-state index contributed by atoms with van der Waals surface area (Å²) < 4.78 is 5.29. The van der Waals surface area contributed by atoms with Gasteiger partial charge in [0.1, 0.15) is 11.4 Å². The van der Waals surface area contributed by atoms with Gasteiger partial charge in [-0.05, 0) is 20.8 Å². The van der Waals surface area contributed by atoms with E-state index in [0.717, 1.165) is 11.8 Å². The number of thioether (sulfide) groups is 1. The third-order valence-corrected chi connectivity index (χ3v) is 3.15. The van der Waals surface area contributed by atoms with Gasteiger partial charge in [0, 0.05) is 18.9 Å². The number of rotatable bonds is 4. The van der Waals surface area contributed by atoms with E-state index in [1.54, 1.807) is 20.8 Å². The third-order valence-electron chi connectivity index (χ3n) is 1.91. The molecule has 5 nitrogen and oxygen atoms in total. The van der Waals surface area contributed by atoms with Crippen LogP contribution >= 0.6 is 11.8 Å². The number of aryl methyl sites for hydroxylation is 1. The summed E-state index contributed by atoms with van der Waals surface area (Å²) >= 11 is 1.14. The minimum atomic E-state index is -0.694. The van der Waals surface area contributed by atoms with E-state index in [-0.39, 0.29) is 10.8 Å². The predicted molar refractivity (Wildman–Crippen MR) is 66.0 cm³/mol. The molecule has 0 bridgehead atoms. The zero-order valence-electron chi connectivity index (χ0n) is 10.4. The predicted octanol–water partition coefficient (Wildman–Crippen LogP) is 1.93. The fourth-order valence-corrected chi connectivity index (χ4v) is 1.74. The van der Waals surface area contributed by atoms with Crippen LogP contribution in [0.15, 0.2) is 6.20 Å². The number of aromatic nitrogens is 2. The highest BCUT2D eigenvalue weighted by molar-refractivity contribution is 8.13. The molecule has 1 aromatic heterocycles. The van der Waals surface area contributed by atoms with Gasteiger partial charge in [0.2, 0.25) is 0 Å². The first kappa shape index (κ1) is 13.8. The number of nitrogens with one attached hydrogen (secondary N) is 1. The second kappa shape index (κ2) is 5.35. The Hall–Kier alpha value is -1.30. The molecule has 0 fully saturated rings. The van der Waals surface area contributed by atoms with Crippen molar-refractivity contribution in [2.45, 2.75) is 33.3 Å². The van der Waals surface area contributed by atoms with Gasteiger partial charge in [-0.3, -0.25) is 4.79 Å². The molecule has 0 aliphatic rings. The van der Waals surface area contributed by atoms with E-state index in [4.69, 9.17) is 4.74 Å².